The summed E-state index contributed by atoms with van der Waals surface area (Å²) in [5.74, 6) is 1.44. The first-order valence-electron chi connectivity index (χ1n) is 5.50. The molecular formula is C11H19N3O2. The van der Waals surface area contributed by atoms with Gasteiger partial charge in [-0.2, -0.15) is 0 Å². The van der Waals surface area contributed by atoms with Gasteiger partial charge in [0.25, 0.3) is 5.56 Å². The van der Waals surface area contributed by atoms with Crippen molar-refractivity contribution in [2.24, 2.45) is 5.92 Å². The Hall–Kier alpha value is -1.52. The van der Waals surface area contributed by atoms with Crippen molar-refractivity contribution in [3.05, 3.63) is 16.7 Å². The Morgan fingerprint density at radius 2 is 2.31 bits per heavy atom. The van der Waals surface area contributed by atoms with E-state index < -0.39 is 0 Å². The smallest absolute Gasteiger partial charge is 0.295 e. The molecule has 0 amide bonds. The highest BCUT2D eigenvalue weighted by molar-refractivity contribution is 5.47. The van der Waals surface area contributed by atoms with Crippen LogP contribution in [0.4, 0.5) is 5.82 Å². The van der Waals surface area contributed by atoms with E-state index in [0.29, 0.717) is 11.7 Å². The van der Waals surface area contributed by atoms with Crippen molar-refractivity contribution in [3.63, 3.8) is 0 Å². The van der Waals surface area contributed by atoms with E-state index >= 15 is 0 Å². The molecule has 1 aromatic heterocycles. The fourth-order valence-corrected chi connectivity index (χ4v) is 1.42. The van der Waals surface area contributed by atoms with Crippen LogP contribution in [0.15, 0.2) is 11.1 Å². The van der Waals surface area contributed by atoms with Crippen LogP contribution in [0.5, 0.6) is 5.75 Å². The molecule has 0 unspecified atom stereocenters. The largest absolute Gasteiger partial charge is 0.489 e. The lowest BCUT2D eigenvalue weighted by molar-refractivity contribution is 0.408. The molecule has 0 aromatic carbocycles. The molecule has 0 aliphatic rings. The van der Waals surface area contributed by atoms with Gasteiger partial charge in [0.1, 0.15) is 0 Å². The Balaban J connectivity index is 2.53. The van der Waals surface area contributed by atoms with Crippen LogP contribution in [0, 0.1) is 5.92 Å². The van der Waals surface area contributed by atoms with Gasteiger partial charge in [0.15, 0.2) is 5.82 Å². The average Bonchev–Trinajstić information content (AvgIpc) is 2.24. The van der Waals surface area contributed by atoms with Gasteiger partial charge < -0.3 is 15.0 Å². The van der Waals surface area contributed by atoms with Crippen LogP contribution < -0.4 is 15.6 Å². The van der Waals surface area contributed by atoms with Gasteiger partial charge in [-0.25, -0.2) is 4.98 Å². The normalized spacial score (nSPS) is 10.5. The number of anilines is 1. The van der Waals surface area contributed by atoms with Gasteiger partial charge in [-0.3, -0.25) is 4.79 Å². The van der Waals surface area contributed by atoms with E-state index in [0.717, 1.165) is 19.4 Å². The first-order chi connectivity index (χ1) is 7.65. The second-order valence-corrected chi connectivity index (χ2v) is 4.08. The van der Waals surface area contributed by atoms with E-state index in [4.69, 9.17) is 4.74 Å². The number of rotatable bonds is 6. The van der Waals surface area contributed by atoms with Crippen molar-refractivity contribution in [1.29, 1.82) is 0 Å². The molecule has 16 heavy (non-hydrogen) atoms. The van der Waals surface area contributed by atoms with Crippen LogP contribution >= 0.6 is 0 Å². The lowest BCUT2D eigenvalue weighted by Crippen LogP contribution is -2.14. The zero-order valence-electron chi connectivity index (χ0n) is 10.0. The molecule has 0 fully saturated rings. The van der Waals surface area contributed by atoms with E-state index in [1.807, 2.05) is 0 Å². The minimum atomic E-state index is -0.260. The molecule has 2 N–H and O–H groups in total. The van der Waals surface area contributed by atoms with Crippen LogP contribution in [-0.4, -0.2) is 23.6 Å². The maximum absolute atomic E-state index is 11.4. The van der Waals surface area contributed by atoms with E-state index in [2.05, 4.69) is 29.1 Å². The van der Waals surface area contributed by atoms with Gasteiger partial charge >= 0.3 is 0 Å². The van der Waals surface area contributed by atoms with Gasteiger partial charge in [-0.1, -0.05) is 13.8 Å². The maximum atomic E-state index is 11.4. The number of H-pyrrole nitrogens is 1. The molecule has 0 spiro atoms. The molecule has 1 rings (SSSR count). The topological polar surface area (TPSA) is 67.0 Å². The monoisotopic (exact) mass is 225 g/mol. The van der Waals surface area contributed by atoms with Crippen molar-refractivity contribution in [3.8, 4) is 5.75 Å². The lowest BCUT2D eigenvalue weighted by atomic mass is 10.1. The second-order valence-electron chi connectivity index (χ2n) is 4.08. The zero-order chi connectivity index (χ0) is 12.0. The van der Waals surface area contributed by atoms with Crippen LogP contribution in [0.2, 0.25) is 0 Å². The van der Waals surface area contributed by atoms with Crippen LogP contribution in [0.1, 0.15) is 26.7 Å². The van der Waals surface area contributed by atoms with Gasteiger partial charge in [-0.15, -0.1) is 0 Å². The number of aromatic amines is 1. The molecule has 5 heteroatoms. The van der Waals surface area contributed by atoms with Gasteiger partial charge in [0.05, 0.1) is 13.4 Å². The molecule has 0 atom stereocenters. The number of methoxy groups -OCH3 is 1. The second kappa shape index (κ2) is 6.15. The zero-order valence-corrected chi connectivity index (χ0v) is 10.0. The van der Waals surface area contributed by atoms with Crippen molar-refractivity contribution >= 4 is 5.82 Å². The number of nitrogens with zero attached hydrogens (tertiary/aromatic N) is 1. The fourth-order valence-electron chi connectivity index (χ4n) is 1.42. The van der Waals surface area contributed by atoms with Crippen LogP contribution in [-0.2, 0) is 0 Å². The van der Waals surface area contributed by atoms with Gasteiger partial charge in [-0.05, 0) is 18.8 Å². The summed E-state index contributed by atoms with van der Waals surface area (Å²) in [7, 11) is 1.46. The molecule has 5 nitrogen and oxygen atoms in total. The summed E-state index contributed by atoms with van der Waals surface area (Å²) in [6, 6.07) is 0. The molecule has 1 heterocycles. The molecule has 0 aliphatic carbocycles. The van der Waals surface area contributed by atoms with Crippen LogP contribution in [0.3, 0.4) is 0 Å². The van der Waals surface area contributed by atoms with E-state index in [-0.39, 0.29) is 11.3 Å². The first-order valence-corrected chi connectivity index (χ1v) is 5.50. The van der Waals surface area contributed by atoms with Gasteiger partial charge in [0, 0.05) is 6.54 Å². The minimum Gasteiger partial charge on any atom is -0.489 e. The number of nitrogens with one attached hydrogen (secondary N) is 2. The molecule has 0 saturated carbocycles. The van der Waals surface area contributed by atoms with Crippen LogP contribution in [0.25, 0.3) is 0 Å². The summed E-state index contributed by atoms with van der Waals surface area (Å²) in [6.07, 6.45) is 3.57. The number of ether oxygens (including phenoxy) is 1. The summed E-state index contributed by atoms with van der Waals surface area (Å²) in [5, 5.41) is 3.10. The highest BCUT2D eigenvalue weighted by atomic mass is 16.5. The van der Waals surface area contributed by atoms with E-state index in [9.17, 15) is 4.79 Å². The van der Waals surface area contributed by atoms with E-state index in [1.54, 1.807) is 0 Å². The van der Waals surface area contributed by atoms with Crippen molar-refractivity contribution in [2.75, 3.05) is 19.0 Å². The Kier molecular flexibility index (Phi) is 4.82. The Morgan fingerprint density at radius 1 is 1.56 bits per heavy atom. The number of aromatic nitrogens is 2. The molecule has 0 radical (unpaired) electrons. The van der Waals surface area contributed by atoms with Crippen molar-refractivity contribution < 1.29 is 4.74 Å². The van der Waals surface area contributed by atoms with Crippen molar-refractivity contribution in [2.45, 2.75) is 26.7 Å². The highest BCUT2D eigenvalue weighted by Crippen LogP contribution is 2.14. The third-order valence-corrected chi connectivity index (χ3v) is 2.27. The number of hydrogen-bond donors (Lipinski definition) is 2. The SMILES string of the molecule is COc1c(NCCCC(C)C)nc[nH]c1=O. The summed E-state index contributed by atoms with van der Waals surface area (Å²) >= 11 is 0. The molecule has 90 valence electrons. The quantitative estimate of drug-likeness (QED) is 0.722. The molecule has 0 aliphatic heterocycles. The third kappa shape index (κ3) is 3.56. The third-order valence-electron chi connectivity index (χ3n) is 2.27. The molecular weight excluding hydrogens is 206 g/mol. The molecule has 0 saturated heterocycles. The summed E-state index contributed by atoms with van der Waals surface area (Å²) in [5.41, 5.74) is -0.260. The summed E-state index contributed by atoms with van der Waals surface area (Å²) < 4.78 is 4.99. The number of hydrogen-bond acceptors (Lipinski definition) is 4. The maximum Gasteiger partial charge on any atom is 0.295 e. The standard InChI is InChI=1S/C11H19N3O2/c1-8(2)5-4-6-12-10-9(16-3)11(15)14-7-13-10/h7-8H,4-6H2,1-3H3,(H2,12,13,14,15). The Morgan fingerprint density at radius 3 is 2.94 bits per heavy atom. The fraction of sp³-hybridized carbons (Fsp3) is 0.636. The Bertz CT molecular complexity index is 374. The van der Waals surface area contributed by atoms with Gasteiger partial charge in [0.2, 0.25) is 5.75 Å². The minimum absolute atomic E-state index is 0.243. The lowest BCUT2D eigenvalue weighted by Gasteiger charge is -2.09. The average molecular weight is 225 g/mol. The van der Waals surface area contributed by atoms with E-state index in [1.165, 1.54) is 13.4 Å². The predicted molar refractivity (Wildman–Crippen MR) is 64.0 cm³/mol. The highest BCUT2D eigenvalue weighted by Gasteiger charge is 2.07. The predicted octanol–water partition coefficient (Wildman–Crippen LogP) is 1.63. The molecule has 0 bridgehead atoms. The Labute approximate surface area is 95.3 Å². The summed E-state index contributed by atoms with van der Waals surface area (Å²) in [6.45, 7) is 5.17. The molecule has 1 aromatic rings. The summed E-state index contributed by atoms with van der Waals surface area (Å²) in [4.78, 5) is 17.9. The first kappa shape index (κ1) is 12.5. The van der Waals surface area contributed by atoms with Crippen molar-refractivity contribution in [1.82, 2.24) is 9.97 Å².